The van der Waals surface area contributed by atoms with Crippen LogP contribution in [0.25, 0.3) is 0 Å². The van der Waals surface area contributed by atoms with E-state index in [0.29, 0.717) is 11.7 Å². The van der Waals surface area contributed by atoms with Crippen LogP contribution >= 0.6 is 0 Å². The van der Waals surface area contributed by atoms with Crippen molar-refractivity contribution in [2.45, 2.75) is 19.8 Å². The third kappa shape index (κ3) is 1.43. The fourth-order valence-corrected chi connectivity index (χ4v) is 0.717. The van der Waals surface area contributed by atoms with Crippen LogP contribution in [0.2, 0.25) is 0 Å². The standard InChI is InChI=1S/C7H11N3/c1-5(2)7-9-4-3-6(8)10-7/h3-5H,1-2H3,(H2,8,9,10)/p+1. The molecule has 0 aromatic carbocycles. The molecule has 3 nitrogen and oxygen atoms in total. The molecule has 1 rings (SSSR count). The minimum Gasteiger partial charge on any atom is -0.363 e. The summed E-state index contributed by atoms with van der Waals surface area (Å²) >= 11 is 0. The van der Waals surface area contributed by atoms with Gasteiger partial charge in [0, 0.05) is 6.07 Å². The molecule has 10 heavy (non-hydrogen) atoms. The van der Waals surface area contributed by atoms with Crippen molar-refractivity contribution in [1.29, 1.82) is 0 Å². The molecule has 3 heteroatoms. The van der Waals surface area contributed by atoms with E-state index in [1.54, 1.807) is 12.3 Å². The van der Waals surface area contributed by atoms with E-state index in [1.807, 2.05) is 0 Å². The zero-order valence-electron chi connectivity index (χ0n) is 6.26. The molecule has 54 valence electrons. The Balaban J connectivity index is 2.96. The topological polar surface area (TPSA) is 53.0 Å². The molecule has 3 N–H and O–H groups in total. The van der Waals surface area contributed by atoms with Crippen LogP contribution in [-0.2, 0) is 0 Å². The number of hydrogen-bond donors (Lipinski definition) is 1. The van der Waals surface area contributed by atoms with E-state index in [-0.39, 0.29) is 0 Å². The van der Waals surface area contributed by atoms with Crippen LogP contribution in [0.3, 0.4) is 0 Å². The van der Waals surface area contributed by atoms with Gasteiger partial charge >= 0.3 is 5.82 Å². The average Bonchev–Trinajstić information content (AvgIpc) is 1.88. The highest BCUT2D eigenvalue weighted by Crippen LogP contribution is 2.04. The Morgan fingerprint density at radius 3 is 2.70 bits per heavy atom. The summed E-state index contributed by atoms with van der Waals surface area (Å²) in [6.07, 6.45) is 1.80. The minimum absolute atomic E-state index is 0.406. The predicted octanol–water partition coefficient (Wildman–Crippen LogP) is 0.601. The summed E-state index contributed by atoms with van der Waals surface area (Å²) in [5.74, 6) is 1.91. The van der Waals surface area contributed by atoms with E-state index in [9.17, 15) is 0 Å². The number of anilines is 1. The third-order valence-electron chi connectivity index (χ3n) is 1.28. The minimum atomic E-state index is 0.406. The van der Waals surface area contributed by atoms with Gasteiger partial charge in [0.05, 0.1) is 12.1 Å². The molecule has 0 unspecified atom stereocenters. The molecule has 0 bridgehead atoms. The van der Waals surface area contributed by atoms with E-state index < -0.39 is 0 Å². The molecule has 0 fully saturated rings. The predicted molar refractivity (Wildman–Crippen MR) is 39.3 cm³/mol. The van der Waals surface area contributed by atoms with Gasteiger partial charge in [0.15, 0.2) is 0 Å². The monoisotopic (exact) mass is 138 g/mol. The normalized spacial score (nSPS) is 10.3. The first-order valence-electron chi connectivity index (χ1n) is 3.34. The van der Waals surface area contributed by atoms with Crippen molar-refractivity contribution in [1.82, 2.24) is 4.98 Å². The smallest absolute Gasteiger partial charge is 0.301 e. The van der Waals surface area contributed by atoms with E-state index in [2.05, 4.69) is 23.8 Å². The second-order valence-corrected chi connectivity index (χ2v) is 2.55. The maximum absolute atomic E-state index is 5.47. The van der Waals surface area contributed by atoms with Crippen molar-refractivity contribution in [3.05, 3.63) is 18.1 Å². The van der Waals surface area contributed by atoms with Gasteiger partial charge in [-0.25, -0.2) is 4.98 Å². The summed E-state index contributed by atoms with van der Waals surface area (Å²) in [5, 5.41) is 0. The van der Waals surface area contributed by atoms with Gasteiger partial charge in [-0.15, -0.1) is 0 Å². The Morgan fingerprint density at radius 1 is 1.60 bits per heavy atom. The SMILES string of the molecule is CC(C)c1nc(N)cc[nH+]1. The zero-order valence-corrected chi connectivity index (χ0v) is 6.26. The number of rotatable bonds is 1. The zero-order chi connectivity index (χ0) is 7.56. The number of nitrogen functional groups attached to an aromatic ring is 1. The number of aromatic amines is 1. The van der Waals surface area contributed by atoms with Gasteiger partial charge in [0.25, 0.3) is 0 Å². The van der Waals surface area contributed by atoms with Crippen molar-refractivity contribution in [2.75, 3.05) is 5.73 Å². The molecule has 0 aliphatic heterocycles. The Labute approximate surface area is 60.3 Å². The molecule has 0 aliphatic carbocycles. The Bertz CT molecular complexity index is 220. The van der Waals surface area contributed by atoms with Crippen molar-refractivity contribution in [2.24, 2.45) is 0 Å². The first-order chi connectivity index (χ1) is 4.70. The first kappa shape index (κ1) is 6.99. The lowest BCUT2D eigenvalue weighted by molar-refractivity contribution is -0.397. The van der Waals surface area contributed by atoms with Crippen LogP contribution in [0.1, 0.15) is 25.6 Å². The summed E-state index contributed by atoms with van der Waals surface area (Å²) < 4.78 is 0. The maximum atomic E-state index is 5.47. The van der Waals surface area contributed by atoms with Crippen LogP contribution in [0, 0.1) is 0 Å². The van der Waals surface area contributed by atoms with E-state index in [0.717, 1.165) is 5.82 Å². The van der Waals surface area contributed by atoms with Gasteiger partial charge < -0.3 is 5.73 Å². The lowest BCUT2D eigenvalue weighted by Gasteiger charge is -1.93. The molecule has 0 saturated heterocycles. The van der Waals surface area contributed by atoms with Crippen LogP contribution in [0.4, 0.5) is 5.82 Å². The number of H-pyrrole nitrogens is 1. The highest BCUT2D eigenvalue weighted by molar-refractivity contribution is 5.23. The largest absolute Gasteiger partial charge is 0.363 e. The fourth-order valence-electron chi connectivity index (χ4n) is 0.717. The maximum Gasteiger partial charge on any atom is 0.301 e. The molecule has 1 aromatic rings. The fraction of sp³-hybridized carbons (Fsp3) is 0.429. The summed E-state index contributed by atoms with van der Waals surface area (Å²) in [6.45, 7) is 4.14. The molecule has 0 saturated carbocycles. The lowest BCUT2D eigenvalue weighted by atomic mass is 10.2. The molecule has 0 amide bonds. The van der Waals surface area contributed by atoms with Crippen LogP contribution in [0.5, 0.6) is 0 Å². The van der Waals surface area contributed by atoms with Crippen LogP contribution < -0.4 is 10.7 Å². The van der Waals surface area contributed by atoms with Crippen LogP contribution in [-0.4, -0.2) is 4.98 Å². The second-order valence-electron chi connectivity index (χ2n) is 2.55. The molecule has 0 atom stereocenters. The highest BCUT2D eigenvalue weighted by atomic mass is 14.9. The van der Waals surface area contributed by atoms with E-state index in [4.69, 9.17) is 5.73 Å². The molecular formula is C7H12N3+. The Hall–Kier alpha value is -1.12. The number of aromatic nitrogens is 2. The van der Waals surface area contributed by atoms with Gasteiger partial charge in [-0.05, 0) is 4.98 Å². The Morgan fingerprint density at radius 2 is 2.30 bits per heavy atom. The van der Waals surface area contributed by atoms with Gasteiger partial charge in [-0.2, -0.15) is 0 Å². The number of hydrogen-bond acceptors (Lipinski definition) is 2. The van der Waals surface area contributed by atoms with Gasteiger partial charge in [0.1, 0.15) is 0 Å². The summed E-state index contributed by atoms with van der Waals surface area (Å²) in [6, 6.07) is 1.74. The van der Waals surface area contributed by atoms with E-state index in [1.165, 1.54) is 0 Å². The second kappa shape index (κ2) is 2.64. The molecule has 0 aliphatic rings. The van der Waals surface area contributed by atoms with Crippen molar-refractivity contribution in [3.8, 4) is 0 Å². The van der Waals surface area contributed by atoms with Crippen LogP contribution in [0.15, 0.2) is 12.3 Å². The molecule has 1 aromatic heterocycles. The summed E-state index contributed by atoms with van der Waals surface area (Å²) in [7, 11) is 0. The van der Waals surface area contributed by atoms with Crippen molar-refractivity contribution < 1.29 is 4.98 Å². The van der Waals surface area contributed by atoms with Crippen molar-refractivity contribution in [3.63, 3.8) is 0 Å². The highest BCUT2D eigenvalue weighted by Gasteiger charge is 2.09. The number of nitrogens with one attached hydrogen (secondary N) is 1. The molecule has 1 heterocycles. The van der Waals surface area contributed by atoms with Gasteiger partial charge in [-0.3, -0.25) is 0 Å². The van der Waals surface area contributed by atoms with Crippen molar-refractivity contribution >= 4 is 5.82 Å². The molecule has 0 radical (unpaired) electrons. The Kier molecular flexibility index (Phi) is 1.85. The van der Waals surface area contributed by atoms with Gasteiger partial charge in [0.2, 0.25) is 5.82 Å². The quantitative estimate of drug-likeness (QED) is 0.617. The van der Waals surface area contributed by atoms with Gasteiger partial charge in [-0.1, -0.05) is 13.8 Å². The third-order valence-corrected chi connectivity index (χ3v) is 1.28. The summed E-state index contributed by atoms with van der Waals surface area (Å²) in [5.41, 5.74) is 5.47. The number of nitrogens with two attached hydrogens (primary N) is 1. The molecule has 0 spiro atoms. The lowest BCUT2D eigenvalue weighted by Crippen LogP contribution is -2.15. The average molecular weight is 138 g/mol. The summed E-state index contributed by atoms with van der Waals surface area (Å²) in [4.78, 5) is 7.11. The number of nitrogens with zero attached hydrogens (tertiary/aromatic N) is 1. The van der Waals surface area contributed by atoms with E-state index >= 15 is 0 Å². The first-order valence-corrected chi connectivity index (χ1v) is 3.34. The molecular weight excluding hydrogens is 126 g/mol.